The fourth-order valence-corrected chi connectivity index (χ4v) is 8.82. The topological polar surface area (TPSA) is 3.24 Å². The zero-order valence-electron chi connectivity index (χ0n) is 32.5. The molecule has 0 saturated carbocycles. The van der Waals surface area contributed by atoms with Gasteiger partial charge in [0, 0.05) is 17.1 Å². The molecule has 0 aliphatic heterocycles. The molecule has 1 heteroatoms. The third-order valence-electron chi connectivity index (χ3n) is 11.8. The van der Waals surface area contributed by atoms with Crippen LogP contribution in [0.4, 0.5) is 17.1 Å². The molecule has 0 N–H and O–H groups in total. The van der Waals surface area contributed by atoms with Gasteiger partial charge < -0.3 is 4.90 Å². The van der Waals surface area contributed by atoms with Crippen LogP contribution < -0.4 is 4.90 Å². The van der Waals surface area contributed by atoms with E-state index in [0.29, 0.717) is 0 Å². The fourth-order valence-electron chi connectivity index (χ4n) is 8.82. The van der Waals surface area contributed by atoms with Crippen LogP contribution in [0.25, 0.3) is 87.6 Å². The first kappa shape index (κ1) is 34.5. The summed E-state index contributed by atoms with van der Waals surface area (Å²) >= 11 is 0. The minimum absolute atomic E-state index is 1.09. The molecular formula is C58H39N. The van der Waals surface area contributed by atoms with E-state index in [2.05, 4.69) is 241 Å². The van der Waals surface area contributed by atoms with E-state index in [4.69, 9.17) is 0 Å². The van der Waals surface area contributed by atoms with Crippen LogP contribution in [0.3, 0.4) is 0 Å². The molecular weight excluding hydrogens is 711 g/mol. The van der Waals surface area contributed by atoms with Crippen LogP contribution in [-0.2, 0) is 0 Å². The molecule has 0 aliphatic carbocycles. The normalized spacial score (nSPS) is 11.4. The number of rotatable bonds is 7. The molecule has 276 valence electrons. The van der Waals surface area contributed by atoms with E-state index >= 15 is 0 Å². The van der Waals surface area contributed by atoms with E-state index in [9.17, 15) is 0 Å². The molecule has 0 bridgehead atoms. The molecule has 0 saturated heterocycles. The van der Waals surface area contributed by atoms with Gasteiger partial charge in [0.1, 0.15) is 0 Å². The lowest BCUT2D eigenvalue weighted by Gasteiger charge is -2.27. The van der Waals surface area contributed by atoms with Gasteiger partial charge in [-0.25, -0.2) is 0 Å². The first-order valence-electron chi connectivity index (χ1n) is 20.3. The van der Waals surface area contributed by atoms with E-state index in [1.165, 1.54) is 87.6 Å². The summed E-state index contributed by atoms with van der Waals surface area (Å²) in [6.07, 6.45) is 0. The van der Waals surface area contributed by atoms with Crippen molar-refractivity contribution in [2.24, 2.45) is 0 Å². The van der Waals surface area contributed by atoms with Crippen molar-refractivity contribution < 1.29 is 0 Å². The molecule has 0 unspecified atom stereocenters. The summed E-state index contributed by atoms with van der Waals surface area (Å²) in [5.74, 6) is 0. The van der Waals surface area contributed by atoms with Gasteiger partial charge in [-0.15, -0.1) is 0 Å². The van der Waals surface area contributed by atoms with Crippen molar-refractivity contribution in [3.05, 3.63) is 237 Å². The minimum atomic E-state index is 1.09. The largest absolute Gasteiger partial charge is 0.310 e. The van der Waals surface area contributed by atoms with Crippen LogP contribution in [0.15, 0.2) is 237 Å². The Hall–Kier alpha value is -7.74. The minimum Gasteiger partial charge on any atom is -0.310 e. The summed E-state index contributed by atoms with van der Waals surface area (Å²) in [5.41, 5.74) is 12.8. The molecule has 0 radical (unpaired) electrons. The van der Waals surface area contributed by atoms with Crippen molar-refractivity contribution in [2.75, 3.05) is 4.90 Å². The average molecular weight is 750 g/mol. The van der Waals surface area contributed by atoms with E-state index in [-0.39, 0.29) is 0 Å². The number of hydrogen-bond acceptors (Lipinski definition) is 1. The van der Waals surface area contributed by atoms with Gasteiger partial charge in [0.05, 0.1) is 0 Å². The summed E-state index contributed by atoms with van der Waals surface area (Å²) in [5, 5.41) is 10.0. The second-order valence-corrected chi connectivity index (χ2v) is 15.3. The van der Waals surface area contributed by atoms with Crippen LogP contribution >= 0.6 is 0 Å². The lowest BCUT2D eigenvalue weighted by molar-refractivity contribution is 1.28. The summed E-state index contributed by atoms with van der Waals surface area (Å²) in [4.78, 5) is 2.39. The number of anilines is 3. The smallest absolute Gasteiger partial charge is 0.0468 e. The van der Waals surface area contributed by atoms with Crippen molar-refractivity contribution >= 4 is 60.2 Å². The number of benzene rings is 11. The van der Waals surface area contributed by atoms with Gasteiger partial charge in [0.2, 0.25) is 0 Å². The maximum absolute atomic E-state index is 2.39. The molecule has 59 heavy (non-hydrogen) atoms. The number of hydrogen-bond donors (Lipinski definition) is 0. The van der Waals surface area contributed by atoms with Crippen molar-refractivity contribution in [3.8, 4) is 44.5 Å². The van der Waals surface area contributed by atoms with Crippen molar-refractivity contribution in [3.63, 3.8) is 0 Å². The van der Waals surface area contributed by atoms with Crippen LogP contribution in [0.2, 0.25) is 0 Å². The summed E-state index contributed by atoms with van der Waals surface area (Å²) in [6.45, 7) is 0. The molecule has 0 fully saturated rings. The highest BCUT2D eigenvalue weighted by atomic mass is 15.1. The van der Waals surface area contributed by atoms with E-state index in [1.54, 1.807) is 0 Å². The second kappa shape index (κ2) is 14.6. The molecule has 0 aromatic heterocycles. The third-order valence-corrected chi connectivity index (χ3v) is 11.8. The Labute approximate surface area is 344 Å². The quantitative estimate of drug-likeness (QED) is 0.147. The summed E-state index contributed by atoms with van der Waals surface area (Å²) in [6, 6.07) is 86.4. The number of nitrogens with zero attached hydrogens (tertiary/aromatic N) is 1. The summed E-state index contributed by atoms with van der Waals surface area (Å²) in [7, 11) is 0. The van der Waals surface area contributed by atoms with Crippen molar-refractivity contribution in [1.29, 1.82) is 0 Å². The van der Waals surface area contributed by atoms with Crippen LogP contribution in [0, 0.1) is 0 Å². The van der Waals surface area contributed by atoms with Gasteiger partial charge in [-0.2, -0.15) is 0 Å². The highest BCUT2D eigenvalue weighted by Crippen LogP contribution is 2.43. The predicted octanol–water partition coefficient (Wildman–Crippen LogP) is 16.4. The van der Waals surface area contributed by atoms with Gasteiger partial charge >= 0.3 is 0 Å². The van der Waals surface area contributed by atoms with E-state index in [0.717, 1.165) is 17.1 Å². The lowest BCUT2D eigenvalue weighted by atomic mass is 9.90. The Morgan fingerprint density at radius 2 is 0.559 bits per heavy atom. The van der Waals surface area contributed by atoms with Gasteiger partial charge in [0.25, 0.3) is 0 Å². The van der Waals surface area contributed by atoms with E-state index in [1.807, 2.05) is 0 Å². The third kappa shape index (κ3) is 6.40. The Morgan fingerprint density at radius 1 is 0.203 bits per heavy atom. The first-order valence-corrected chi connectivity index (χ1v) is 20.3. The SMILES string of the molecule is c1ccc(-c2ccc(N(c3ccc(-c4ccccc4)cc3)c3ccc(-c4ccc5ccc6ccccc6c5c4)c(-c4ccc5ccc6ccccc6c5c4)c3)cc2)cc1. The fraction of sp³-hybridized carbons (Fsp3) is 0. The molecule has 0 atom stereocenters. The van der Waals surface area contributed by atoms with Gasteiger partial charge in [-0.05, 0) is 136 Å². The zero-order valence-corrected chi connectivity index (χ0v) is 32.5. The Kier molecular flexibility index (Phi) is 8.56. The maximum atomic E-state index is 2.39. The van der Waals surface area contributed by atoms with Crippen LogP contribution in [0.5, 0.6) is 0 Å². The molecule has 0 amide bonds. The summed E-state index contributed by atoms with van der Waals surface area (Å²) < 4.78 is 0. The van der Waals surface area contributed by atoms with Gasteiger partial charge in [-0.3, -0.25) is 0 Å². The maximum Gasteiger partial charge on any atom is 0.0468 e. The van der Waals surface area contributed by atoms with E-state index < -0.39 is 0 Å². The molecule has 0 heterocycles. The Balaban J connectivity index is 1.12. The highest BCUT2D eigenvalue weighted by molar-refractivity contribution is 6.11. The molecule has 1 nitrogen and oxygen atoms in total. The Bertz CT molecular complexity index is 3210. The molecule has 11 rings (SSSR count). The molecule has 11 aromatic carbocycles. The van der Waals surface area contributed by atoms with Crippen LogP contribution in [-0.4, -0.2) is 0 Å². The monoisotopic (exact) mass is 749 g/mol. The number of fused-ring (bicyclic) bond motifs is 6. The lowest BCUT2D eigenvalue weighted by Crippen LogP contribution is -2.10. The molecule has 0 spiro atoms. The van der Waals surface area contributed by atoms with Gasteiger partial charge in [0.15, 0.2) is 0 Å². The van der Waals surface area contributed by atoms with Crippen molar-refractivity contribution in [2.45, 2.75) is 0 Å². The zero-order chi connectivity index (χ0) is 39.1. The Morgan fingerprint density at radius 3 is 1.05 bits per heavy atom. The van der Waals surface area contributed by atoms with Crippen molar-refractivity contribution in [1.82, 2.24) is 0 Å². The van der Waals surface area contributed by atoms with Gasteiger partial charge in [-0.1, -0.05) is 188 Å². The average Bonchev–Trinajstić information content (AvgIpc) is 3.32. The highest BCUT2D eigenvalue weighted by Gasteiger charge is 2.18. The van der Waals surface area contributed by atoms with Crippen LogP contribution in [0.1, 0.15) is 0 Å². The first-order chi connectivity index (χ1) is 29.2. The standard InChI is InChI=1S/C58H39N/c1-3-11-40(12-4-1)42-27-31-50(32-28-42)59(51-33-29-43(30-34-51)41-13-5-2-6-14-41)52-35-36-55(48-25-23-46-21-19-44-15-7-9-17-53(44)56(46)37-48)58(39-52)49-26-24-47-22-20-45-16-8-10-18-54(45)57(47)38-49/h1-39H. The predicted molar refractivity (Wildman–Crippen MR) is 253 cm³/mol. The molecule has 0 aliphatic rings. The molecule has 11 aromatic rings. The second-order valence-electron chi connectivity index (χ2n) is 15.3.